The van der Waals surface area contributed by atoms with E-state index >= 15 is 0 Å². The second-order valence-corrected chi connectivity index (χ2v) is 8.81. The molecule has 8 heteroatoms. The van der Waals surface area contributed by atoms with Crippen LogP contribution in [0.15, 0.2) is 53.4 Å². The minimum atomic E-state index is -3.86. The van der Waals surface area contributed by atoms with Gasteiger partial charge in [0.05, 0.1) is 9.92 Å². The summed E-state index contributed by atoms with van der Waals surface area (Å²) in [6.45, 7) is 2.06. The summed E-state index contributed by atoms with van der Waals surface area (Å²) >= 11 is 7.45. The molecule has 0 spiro atoms. The molecule has 5 nitrogen and oxygen atoms in total. The van der Waals surface area contributed by atoms with E-state index in [0.717, 1.165) is 28.5 Å². The highest BCUT2D eigenvalue weighted by Gasteiger charge is 2.20. The van der Waals surface area contributed by atoms with Gasteiger partial charge in [-0.15, -0.1) is 16.2 Å². The molecular weight excluding hydrogens is 392 g/mol. The van der Waals surface area contributed by atoms with E-state index < -0.39 is 15.9 Å². The quantitative estimate of drug-likeness (QED) is 0.602. The van der Waals surface area contributed by atoms with Crippen molar-refractivity contribution in [3.05, 3.63) is 64.0 Å². The second kappa shape index (κ2) is 7.75. The summed E-state index contributed by atoms with van der Waals surface area (Å²) in [6, 6.07) is 13.9. The number of nitrogens with one attached hydrogen (secondary N) is 2. The van der Waals surface area contributed by atoms with Gasteiger partial charge in [0.15, 0.2) is 0 Å². The van der Waals surface area contributed by atoms with Gasteiger partial charge in [-0.2, -0.15) is 0 Å². The minimum absolute atomic E-state index is 0.0834. The number of sulfonamides is 1. The summed E-state index contributed by atoms with van der Waals surface area (Å²) in [7, 11) is -3.86. The van der Waals surface area contributed by atoms with Crippen LogP contribution in [0.3, 0.4) is 0 Å². The molecule has 0 atom stereocenters. The molecule has 1 heterocycles. The SMILES string of the molecule is CCCc1ccc(S(=O)(=O)NNC(=O)c2sc3ccccc3c2Cl)cc1. The number of hydrogen-bond donors (Lipinski definition) is 2. The number of halogens is 1. The molecule has 26 heavy (non-hydrogen) atoms. The molecule has 0 aliphatic rings. The Bertz CT molecular complexity index is 1040. The van der Waals surface area contributed by atoms with Gasteiger partial charge in [0.25, 0.3) is 15.9 Å². The number of hydrazine groups is 1. The standard InChI is InChI=1S/C18H17ClN2O3S2/c1-2-5-12-8-10-13(11-9-12)26(23,24)21-20-18(22)17-16(19)14-6-3-4-7-15(14)25-17/h3-4,6-11,21H,2,5H2,1H3,(H,20,22). The highest BCUT2D eigenvalue weighted by atomic mass is 35.5. The van der Waals surface area contributed by atoms with Crippen molar-refractivity contribution in [2.45, 2.75) is 24.7 Å². The van der Waals surface area contributed by atoms with Gasteiger partial charge in [-0.05, 0) is 30.2 Å². The van der Waals surface area contributed by atoms with Crippen LogP contribution in [-0.4, -0.2) is 14.3 Å². The molecule has 0 aliphatic carbocycles. The Labute approximate surface area is 161 Å². The van der Waals surface area contributed by atoms with Crippen molar-refractivity contribution in [1.29, 1.82) is 0 Å². The monoisotopic (exact) mass is 408 g/mol. The van der Waals surface area contributed by atoms with Crippen LogP contribution in [0.2, 0.25) is 5.02 Å². The number of rotatable bonds is 6. The normalized spacial score (nSPS) is 11.6. The summed E-state index contributed by atoms with van der Waals surface area (Å²) in [5.74, 6) is -0.595. The van der Waals surface area contributed by atoms with Crippen molar-refractivity contribution in [1.82, 2.24) is 10.3 Å². The average Bonchev–Trinajstić information content (AvgIpc) is 2.98. The molecule has 0 saturated carbocycles. The Morgan fingerprint density at radius 1 is 1.12 bits per heavy atom. The third-order valence-corrected chi connectivity index (χ3v) is 6.75. The van der Waals surface area contributed by atoms with E-state index in [1.165, 1.54) is 23.5 Å². The fourth-order valence-corrected chi connectivity index (χ4v) is 4.76. The van der Waals surface area contributed by atoms with Crippen LogP contribution in [0.1, 0.15) is 28.6 Å². The zero-order valence-corrected chi connectivity index (χ0v) is 16.3. The maximum Gasteiger partial charge on any atom is 0.277 e. The maximum absolute atomic E-state index is 12.3. The van der Waals surface area contributed by atoms with Crippen LogP contribution in [0.25, 0.3) is 10.1 Å². The maximum atomic E-state index is 12.3. The lowest BCUT2D eigenvalue weighted by molar-refractivity contribution is 0.0949. The van der Waals surface area contributed by atoms with E-state index in [-0.39, 0.29) is 9.77 Å². The highest BCUT2D eigenvalue weighted by Crippen LogP contribution is 2.34. The predicted octanol–water partition coefficient (Wildman–Crippen LogP) is 4.13. The van der Waals surface area contributed by atoms with E-state index in [4.69, 9.17) is 11.6 Å². The molecule has 3 rings (SSSR count). The van der Waals surface area contributed by atoms with Crippen molar-refractivity contribution in [2.24, 2.45) is 0 Å². The molecular formula is C18H17ClN2O3S2. The zero-order valence-electron chi connectivity index (χ0n) is 14.0. The summed E-state index contributed by atoms with van der Waals surface area (Å²) in [4.78, 5) is 14.8. The Morgan fingerprint density at radius 2 is 1.81 bits per heavy atom. The molecule has 2 N–H and O–H groups in total. The van der Waals surface area contributed by atoms with Crippen molar-refractivity contribution in [3.63, 3.8) is 0 Å². The van der Waals surface area contributed by atoms with Crippen LogP contribution < -0.4 is 10.3 Å². The minimum Gasteiger partial charge on any atom is -0.273 e. The van der Waals surface area contributed by atoms with Crippen molar-refractivity contribution in [3.8, 4) is 0 Å². The molecule has 0 aliphatic heterocycles. The summed E-state index contributed by atoms with van der Waals surface area (Å²) in [5.41, 5.74) is 3.29. The van der Waals surface area contributed by atoms with E-state index in [0.29, 0.717) is 5.02 Å². The van der Waals surface area contributed by atoms with Gasteiger partial charge in [-0.3, -0.25) is 10.2 Å². The second-order valence-electron chi connectivity index (χ2n) is 5.69. The molecule has 1 amide bonds. The van der Waals surface area contributed by atoms with Gasteiger partial charge in [0, 0.05) is 10.1 Å². The van der Waals surface area contributed by atoms with Crippen LogP contribution in [-0.2, 0) is 16.4 Å². The van der Waals surface area contributed by atoms with Gasteiger partial charge in [0.2, 0.25) is 0 Å². The van der Waals surface area contributed by atoms with Gasteiger partial charge < -0.3 is 0 Å². The fourth-order valence-electron chi connectivity index (χ4n) is 2.51. The number of benzene rings is 2. The molecule has 0 bridgehead atoms. The smallest absolute Gasteiger partial charge is 0.273 e. The number of amides is 1. The third-order valence-electron chi connectivity index (χ3n) is 3.81. The average molecular weight is 409 g/mol. The number of fused-ring (bicyclic) bond motifs is 1. The number of thiophene rings is 1. The topological polar surface area (TPSA) is 75.3 Å². The van der Waals surface area contributed by atoms with Crippen LogP contribution in [0.4, 0.5) is 0 Å². The highest BCUT2D eigenvalue weighted by molar-refractivity contribution is 7.89. The number of aryl methyl sites for hydroxylation is 1. The molecule has 1 aromatic heterocycles. The Balaban J connectivity index is 1.74. The zero-order chi connectivity index (χ0) is 18.7. The van der Waals surface area contributed by atoms with E-state index in [9.17, 15) is 13.2 Å². The first-order valence-electron chi connectivity index (χ1n) is 8.00. The van der Waals surface area contributed by atoms with E-state index in [1.807, 2.05) is 24.3 Å². The summed E-state index contributed by atoms with van der Waals surface area (Å²) in [5, 5.41) is 1.07. The molecule has 0 saturated heterocycles. The summed E-state index contributed by atoms with van der Waals surface area (Å²) < 4.78 is 25.5. The number of carbonyl (C=O) groups excluding carboxylic acids is 1. The predicted molar refractivity (Wildman–Crippen MR) is 105 cm³/mol. The van der Waals surface area contributed by atoms with E-state index in [2.05, 4.69) is 17.2 Å². The van der Waals surface area contributed by atoms with Gasteiger partial charge >= 0.3 is 0 Å². The Morgan fingerprint density at radius 3 is 2.46 bits per heavy atom. The molecule has 2 aromatic carbocycles. The van der Waals surface area contributed by atoms with Crippen molar-refractivity contribution < 1.29 is 13.2 Å². The van der Waals surface area contributed by atoms with Crippen LogP contribution in [0, 0.1) is 0 Å². The Hall–Kier alpha value is -1.93. The largest absolute Gasteiger partial charge is 0.277 e. The fraction of sp³-hybridized carbons (Fsp3) is 0.167. The van der Waals surface area contributed by atoms with Crippen molar-refractivity contribution in [2.75, 3.05) is 0 Å². The van der Waals surface area contributed by atoms with Crippen LogP contribution >= 0.6 is 22.9 Å². The molecule has 0 radical (unpaired) electrons. The lowest BCUT2D eigenvalue weighted by Gasteiger charge is -2.08. The lowest BCUT2D eigenvalue weighted by atomic mass is 10.1. The van der Waals surface area contributed by atoms with Crippen LogP contribution in [0.5, 0.6) is 0 Å². The molecule has 0 unspecified atom stereocenters. The van der Waals surface area contributed by atoms with E-state index in [1.54, 1.807) is 12.1 Å². The third kappa shape index (κ3) is 3.91. The first-order valence-corrected chi connectivity index (χ1v) is 10.7. The lowest BCUT2D eigenvalue weighted by Crippen LogP contribution is -2.41. The van der Waals surface area contributed by atoms with Gasteiger partial charge in [-0.1, -0.05) is 55.3 Å². The first-order chi connectivity index (χ1) is 12.4. The van der Waals surface area contributed by atoms with Gasteiger partial charge in [-0.25, -0.2) is 8.42 Å². The molecule has 136 valence electrons. The molecule has 0 fully saturated rings. The summed E-state index contributed by atoms with van der Waals surface area (Å²) in [6.07, 6.45) is 1.87. The first kappa shape index (κ1) is 18.8. The molecule has 3 aromatic rings. The Kier molecular flexibility index (Phi) is 5.62. The number of carbonyl (C=O) groups is 1. The van der Waals surface area contributed by atoms with Crippen molar-refractivity contribution >= 4 is 49.0 Å². The number of hydrogen-bond acceptors (Lipinski definition) is 4. The van der Waals surface area contributed by atoms with Gasteiger partial charge in [0.1, 0.15) is 4.88 Å².